The van der Waals surface area contributed by atoms with E-state index in [4.69, 9.17) is 5.73 Å². The van der Waals surface area contributed by atoms with Gasteiger partial charge in [0.05, 0.1) is 5.92 Å². The number of primary amides is 1. The SMILES string of the molecule is Cn1ccnc1C(=O)NC1CCCCCC1C(N)=O. The molecule has 1 saturated carbocycles. The zero-order chi connectivity index (χ0) is 13.8. The van der Waals surface area contributed by atoms with Gasteiger partial charge in [-0.05, 0) is 12.8 Å². The third kappa shape index (κ3) is 3.13. The second-order valence-corrected chi connectivity index (χ2v) is 5.09. The fraction of sp³-hybridized carbons (Fsp3) is 0.615. The van der Waals surface area contributed by atoms with Crippen LogP contribution in [-0.4, -0.2) is 27.4 Å². The highest BCUT2D eigenvalue weighted by atomic mass is 16.2. The Hall–Kier alpha value is -1.85. The standard InChI is InChI=1S/C13H20N4O2/c1-17-8-7-15-12(17)13(19)16-10-6-4-2-3-5-9(10)11(14)18/h7-10H,2-6H2,1H3,(H2,14,18)(H,16,19). The Kier molecular flexibility index (Phi) is 4.19. The van der Waals surface area contributed by atoms with Crippen molar-refractivity contribution in [3.63, 3.8) is 0 Å². The maximum Gasteiger partial charge on any atom is 0.287 e. The summed E-state index contributed by atoms with van der Waals surface area (Å²) in [6.07, 6.45) is 7.92. The maximum atomic E-state index is 12.1. The van der Waals surface area contributed by atoms with E-state index in [1.807, 2.05) is 0 Å². The van der Waals surface area contributed by atoms with Crippen molar-refractivity contribution < 1.29 is 9.59 Å². The number of amides is 2. The van der Waals surface area contributed by atoms with Crippen LogP contribution in [0.15, 0.2) is 12.4 Å². The molecule has 0 radical (unpaired) electrons. The monoisotopic (exact) mass is 264 g/mol. The van der Waals surface area contributed by atoms with Gasteiger partial charge >= 0.3 is 0 Å². The van der Waals surface area contributed by atoms with Crippen LogP contribution in [0.3, 0.4) is 0 Å². The molecular weight excluding hydrogens is 244 g/mol. The lowest BCUT2D eigenvalue weighted by Gasteiger charge is -2.23. The Morgan fingerprint density at radius 1 is 1.37 bits per heavy atom. The molecule has 0 spiro atoms. The summed E-state index contributed by atoms with van der Waals surface area (Å²) in [4.78, 5) is 27.6. The highest BCUT2D eigenvalue weighted by Crippen LogP contribution is 2.23. The molecule has 1 fully saturated rings. The van der Waals surface area contributed by atoms with Crippen LogP contribution in [0.4, 0.5) is 0 Å². The number of imidazole rings is 1. The van der Waals surface area contributed by atoms with Gasteiger partial charge in [-0.25, -0.2) is 4.98 Å². The normalized spacial score (nSPS) is 23.6. The summed E-state index contributed by atoms with van der Waals surface area (Å²) < 4.78 is 1.66. The summed E-state index contributed by atoms with van der Waals surface area (Å²) >= 11 is 0. The van der Waals surface area contributed by atoms with Gasteiger partial charge in [-0.3, -0.25) is 9.59 Å². The summed E-state index contributed by atoms with van der Waals surface area (Å²) in [5.74, 6) is -0.489. The Balaban J connectivity index is 2.08. The molecule has 1 aromatic heterocycles. The average Bonchev–Trinajstić information content (AvgIpc) is 2.65. The van der Waals surface area contributed by atoms with Crippen LogP contribution in [-0.2, 0) is 11.8 Å². The van der Waals surface area contributed by atoms with Gasteiger partial charge in [-0.15, -0.1) is 0 Å². The van der Waals surface area contributed by atoms with E-state index in [1.165, 1.54) is 0 Å². The molecule has 6 heteroatoms. The van der Waals surface area contributed by atoms with E-state index in [-0.39, 0.29) is 23.8 Å². The summed E-state index contributed by atoms with van der Waals surface area (Å²) in [5, 5.41) is 2.91. The van der Waals surface area contributed by atoms with Crippen molar-refractivity contribution in [2.75, 3.05) is 0 Å². The van der Waals surface area contributed by atoms with Crippen LogP contribution >= 0.6 is 0 Å². The molecule has 6 nitrogen and oxygen atoms in total. The smallest absolute Gasteiger partial charge is 0.287 e. The highest BCUT2D eigenvalue weighted by Gasteiger charge is 2.30. The molecule has 2 unspecified atom stereocenters. The molecule has 0 saturated heterocycles. The summed E-state index contributed by atoms with van der Waals surface area (Å²) in [7, 11) is 1.76. The molecule has 0 bridgehead atoms. The number of hydrogen-bond acceptors (Lipinski definition) is 3. The molecule has 0 aliphatic heterocycles. The van der Waals surface area contributed by atoms with E-state index in [9.17, 15) is 9.59 Å². The second kappa shape index (κ2) is 5.86. The van der Waals surface area contributed by atoms with Gasteiger partial charge in [-0.2, -0.15) is 0 Å². The van der Waals surface area contributed by atoms with Crippen LogP contribution in [0.25, 0.3) is 0 Å². The van der Waals surface area contributed by atoms with Crippen molar-refractivity contribution in [3.8, 4) is 0 Å². The van der Waals surface area contributed by atoms with Crippen molar-refractivity contribution in [3.05, 3.63) is 18.2 Å². The number of aromatic nitrogens is 2. The lowest BCUT2D eigenvalue weighted by atomic mass is 9.94. The number of nitrogens with zero attached hydrogens (tertiary/aromatic N) is 2. The zero-order valence-electron chi connectivity index (χ0n) is 11.1. The molecule has 1 aliphatic rings. The van der Waals surface area contributed by atoms with Gasteiger partial charge in [-0.1, -0.05) is 19.3 Å². The minimum absolute atomic E-state index is 0.177. The van der Waals surface area contributed by atoms with E-state index in [1.54, 1.807) is 24.0 Å². The first-order valence-electron chi connectivity index (χ1n) is 6.67. The molecule has 1 aromatic rings. The Labute approximate surface area is 112 Å². The van der Waals surface area contributed by atoms with Crippen LogP contribution in [0.2, 0.25) is 0 Å². The van der Waals surface area contributed by atoms with Crippen molar-refractivity contribution in [2.45, 2.75) is 38.1 Å². The lowest BCUT2D eigenvalue weighted by Crippen LogP contribution is -2.45. The van der Waals surface area contributed by atoms with E-state index < -0.39 is 0 Å². The van der Waals surface area contributed by atoms with Crippen LogP contribution in [0.1, 0.15) is 42.7 Å². The number of rotatable bonds is 3. The number of nitrogens with two attached hydrogens (primary N) is 1. The molecule has 2 atom stereocenters. The van der Waals surface area contributed by atoms with E-state index >= 15 is 0 Å². The number of carbonyl (C=O) groups is 2. The van der Waals surface area contributed by atoms with E-state index in [0.29, 0.717) is 5.82 Å². The molecule has 2 amide bonds. The molecule has 1 aliphatic carbocycles. The largest absolute Gasteiger partial charge is 0.369 e. The average molecular weight is 264 g/mol. The Bertz CT molecular complexity index is 469. The van der Waals surface area contributed by atoms with Crippen molar-refractivity contribution in [1.82, 2.24) is 14.9 Å². The van der Waals surface area contributed by atoms with Gasteiger partial charge in [0.15, 0.2) is 5.82 Å². The molecule has 3 N–H and O–H groups in total. The van der Waals surface area contributed by atoms with Crippen LogP contribution in [0, 0.1) is 5.92 Å². The van der Waals surface area contributed by atoms with Gasteiger partial charge in [0, 0.05) is 25.5 Å². The predicted octanol–water partition coefficient (Wildman–Crippen LogP) is 0.584. The molecule has 0 aromatic carbocycles. The summed E-state index contributed by atoms with van der Waals surface area (Å²) in [5.41, 5.74) is 5.44. The van der Waals surface area contributed by atoms with Crippen molar-refractivity contribution >= 4 is 11.8 Å². The molecule has 1 heterocycles. The summed E-state index contributed by atoms with van der Waals surface area (Å²) in [6, 6.07) is -0.177. The number of aryl methyl sites for hydroxylation is 1. The fourth-order valence-electron chi connectivity index (χ4n) is 2.64. The minimum Gasteiger partial charge on any atom is -0.369 e. The second-order valence-electron chi connectivity index (χ2n) is 5.09. The first-order chi connectivity index (χ1) is 9.09. The number of nitrogens with one attached hydrogen (secondary N) is 1. The quantitative estimate of drug-likeness (QED) is 0.783. The van der Waals surface area contributed by atoms with E-state index in [0.717, 1.165) is 32.1 Å². The van der Waals surface area contributed by atoms with Gasteiger partial charge in [0.1, 0.15) is 0 Å². The third-order valence-corrected chi connectivity index (χ3v) is 3.72. The summed E-state index contributed by atoms with van der Waals surface area (Å²) in [6.45, 7) is 0. The predicted molar refractivity (Wildman–Crippen MR) is 70.2 cm³/mol. The van der Waals surface area contributed by atoms with Crippen LogP contribution in [0.5, 0.6) is 0 Å². The molecule has 104 valence electrons. The maximum absolute atomic E-state index is 12.1. The molecule has 2 rings (SSSR count). The topological polar surface area (TPSA) is 90.0 Å². The van der Waals surface area contributed by atoms with Crippen molar-refractivity contribution in [1.29, 1.82) is 0 Å². The van der Waals surface area contributed by atoms with Gasteiger partial charge in [0.25, 0.3) is 5.91 Å². The highest BCUT2D eigenvalue weighted by molar-refractivity contribution is 5.91. The zero-order valence-corrected chi connectivity index (χ0v) is 11.1. The minimum atomic E-state index is -0.327. The Morgan fingerprint density at radius 3 is 2.74 bits per heavy atom. The number of carbonyl (C=O) groups excluding carboxylic acids is 2. The van der Waals surface area contributed by atoms with Crippen LogP contribution < -0.4 is 11.1 Å². The van der Waals surface area contributed by atoms with Gasteiger partial charge in [0.2, 0.25) is 5.91 Å². The Morgan fingerprint density at radius 2 is 2.11 bits per heavy atom. The van der Waals surface area contributed by atoms with Crippen molar-refractivity contribution in [2.24, 2.45) is 18.7 Å². The third-order valence-electron chi connectivity index (χ3n) is 3.72. The van der Waals surface area contributed by atoms with E-state index in [2.05, 4.69) is 10.3 Å². The van der Waals surface area contributed by atoms with Gasteiger partial charge < -0.3 is 15.6 Å². The fourth-order valence-corrected chi connectivity index (χ4v) is 2.64. The molecular formula is C13H20N4O2. The first-order valence-corrected chi connectivity index (χ1v) is 6.67. The first kappa shape index (κ1) is 13.6. The molecule has 19 heavy (non-hydrogen) atoms. The number of hydrogen-bond donors (Lipinski definition) is 2. The lowest BCUT2D eigenvalue weighted by molar-refractivity contribution is -0.122.